The second-order valence-corrected chi connectivity index (χ2v) is 14.1. The Hall–Kier alpha value is -2.62. The average molecular weight is 567 g/mol. The van der Waals surface area contributed by atoms with E-state index in [1.165, 1.54) is 56.5 Å². The van der Waals surface area contributed by atoms with Gasteiger partial charge in [0.2, 0.25) is 0 Å². The average Bonchev–Trinajstić information content (AvgIpc) is 3.57. The first-order chi connectivity index (χ1) is 18.8. The standard InChI is InChI=1S/C30H38N4O3S2/c1-30(2,3)37-28(35)25-21-11-4-5-12-23(21)38-26(25)32-29(36)31-17-22-20-13-16-34(19-9-8-10-19)18-24(20)39-27(22)33-14-6-7-15-33/h6-7,14-15,19H,4-5,8-13,16-18H2,1-3H3,(H2,31,32,36). The molecule has 1 saturated carbocycles. The van der Waals surface area contributed by atoms with E-state index in [-0.39, 0.29) is 12.0 Å². The maximum atomic E-state index is 13.3. The number of ether oxygens (including phenoxy) is 1. The van der Waals surface area contributed by atoms with E-state index in [0.29, 0.717) is 17.1 Å². The minimum Gasteiger partial charge on any atom is -0.456 e. The molecule has 4 heterocycles. The zero-order valence-corrected chi connectivity index (χ0v) is 24.7. The molecular weight excluding hydrogens is 528 g/mol. The Morgan fingerprint density at radius 2 is 1.77 bits per heavy atom. The van der Waals surface area contributed by atoms with Crippen LogP contribution in [0.15, 0.2) is 24.5 Å². The minimum absolute atomic E-state index is 0.288. The SMILES string of the molecule is CC(C)(C)OC(=O)c1c(NC(=O)NCc2c(-n3cccc3)sc3c2CCN(C2CCC2)C3)sc2c1CCCC2. The van der Waals surface area contributed by atoms with E-state index in [2.05, 4.69) is 32.5 Å². The van der Waals surface area contributed by atoms with Gasteiger partial charge in [0.05, 0.1) is 5.56 Å². The lowest BCUT2D eigenvalue weighted by Gasteiger charge is -2.39. The quantitative estimate of drug-likeness (QED) is 0.327. The molecule has 2 N–H and O–H groups in total. The molecule has 3 aromatic heterocycles. The summed E-state index contributed by atoms with van der Waals surface area (Å²) in [5.74, 6) is -0.352. The number of esters is 1. The molecule has 2 amide bonds. The normalized spacial score (nSPS) is 17.7. The Balaban J connectivity index is 1.21. The van der Waals surface area contributed by atoms with Crippen molar-refractivity contribution in [3.8, 4) is 5.00 Å². The van der Waals surface area contributed by atoms with Crippen molar-refractivity contribution in [1.29, 1.82) is 0 Å². The second-order valence-electron chi connectivity index (χ2n) is 11.9. The first kappa shape index (κ1) is 26.6. The van der Waals surface area contributed by atoms with Crippen LogP contribution in [0.5, 0.6) is 0 Å². The Kier molecular flexibility index (Phi) is 7.33. The number of hydrogen-bond donors (Lipinski definition) is 2. The van der Waals surface area contributed by atoms with Crippen molar-refractivity contribution in [3.05, 3.63) is 56.5 Å². The smallest absolute Gasteiger partial charge is 0.341 e. The molecule has 0 spiro atoms. The number of nitrogens with zero attached hydrogens (tertiary/aromatic N) is 2. The van der Waals surface area contributed by atoms with Gasteiger partial charge in [-0.25, -0.2) is 9.59 Å². The Morgan fingerprint density at radius 1 is 1.00 bits per heavy atom. The third-order valence-corrected chi connectivity index (χ3v) is 10.5. The van der Waals surface area contributed by atoms with Gasteiger partial charge in [0.1, 0.15) is 15.6 Å². The molecule has 208 valence electrons. The lowest BCUT2D eigenvalue weighted by atomic mass is 9.89. The molecule has 1 fully saturated rings. The van der Waals surface area contributed by atoms with Crippen molar-refractivity contribution in [1.82, 2.24) is 14.8 Å². The number of amides is 2. The summed E-state index contributed by atoms with van der Waals surface area (Å²) >= 11 is 3.37. The molecule has 0 radical (unpaired) electrons. The molecule has 39 heavy (non-hydrogen) atoms. The first-order valence-electron chi connectivity index (χ1n) is 14.2. The van der Waals surface area contributed by atoms with Crippen LogP contribution in [-0.2, 0) is 37.1 Å². The molecule has 3 aromatic rings. The minimum atomic E-state index is -0.596. The Morgan fingerprint density at radius 3 is 2.49 bits per heavy atom. The van der Waals surface area contributed by atoms with E-state index >= 15 is 0 Å². The molecule has 7 nitrogen and oxygen atoms in total. The van der Waals surface area contributed by atoms with Crippen LogP contribution in [0.4, 0.5) is 9.80 Å². The van der Waals surface area contributed by atoms with Gasteiger partial charge in [-0.3, -0.25) is 10.2 Å². The van der Waals surface area contributed by atoms with Crippen LogP contribution < -0.4 is 10.6 Å². The predicted molar refractivity (Wildman–Crippen MR) is 157 cm³/mol. The molecule has 0 atom stereocenters. The van der Waals surface area contributed by atoms with Gasteiger partial charge in [0.25, 0.3) is 0 Å². The number of thiophene rings is 2. The van der Waals surface area contributed by atoms with Crippen LogP contribution in [0.25, 0.3) is 5.00 Å². The highest BCUT2D eigenvalue weighted by Crippen LogP contribution is 2.40. The van der Waals surface area contributed by atoms with E-state index < -0.39 is 5.60 Å². The summed E-state index contributed by atoms with van der Waals surface area (Å²) in [7, 11) is 0. The van der Waals surface area contributed by atoms with Gasteiger partial charge in [0, 0.05) is 53.4 Å². The summed E-state index contributed by atoms with van der Waals surface area (Å²) < 4.78 is 7.90. The number of anilines is 1. The van der Waals surface area contributed by atoms with Crippen LogP contribution in [0.2, 0.25) is 0 Å². The summed E-state index contributed by atoms with van der Waals surface area (Å²) in [6.07, 6.45) is 13.1. The number of aromatic nitrogens is 1. The largest absolute Gasteiger partial charge is 0.456 e. The van der Waals surface area contributed by atoms with E-state index in [1.54, 1.807) is 0 Å². The fourth-order valence-corrected chi connectivity index (χ4v) is 8.54. The van der Waals surface area contributed by atoms with Gasteiger partial charge in [0.15, 0.2) is 0 Å². The molecular formula is C30H38N4O3S2. The fraction of sp³-hybridized carbons (Fsp3) is 0.533. The summed E-state index contributed by atoms with van der Waals surface area (Å²) in [6.45, 7) is 8.15. The molecule has 3 aliphatic rings. The summed E-state index contributed by atoms with van der Waals surface area (Å²) in [5, 5.41) is 7.93. The molecule has 1 aliphatic heterocycles. The Bertz CT molecular complexity index is 1360. The van der Waals surface area contributed by atoms with Crippen LogP contribution in [0.1, 0.15) is 89.7 Å². The van der Waals surface area contributed by atoms with Crippen LogP contribution >= 0.6 is 22.7 Å². The van der Waals surface area contributed by atoms with Crippen molar-refractivity contribution in [2.24, 2.45) is 0 Å². The van der Waals surface area contributed by atoms with E-state index in [9.17, 15) is 9.59 Å². The highest BCUT2D eigenvalue weighted by atomic mass is 32.1. The summed E-state index contributed by atoms with van der Waals surface area (Å²) in [6, 6.07) is 4.53. The van der Waals surface area contributed by atoms with Crippen molar-refractivity contribution >= 4 is 39.7 Å². The molecule has 2 aliphatic carbocycles. The highest BCUT2D eigenvalue weighted by molar-refractivity contribution is 7.17. The molecule has 0 aromatic carbocycles. The van der Waals surface area contributed by atoms with Gasteiger partial charge in [-0.05, 0) is 89.0 Å². The molecule has 0 bridgehead atoms. The molecule has 9 heteroatoms. The van der Waals surface area contributed by atoms with Gasteiger partial charge in [-0.1, -0.05) is 6.42 Å². The number of aryl methyl sites for hydroxylation is 1. The van der Waals surface area contributed by atoms with E-state index in [4.69, 9.17) is 4.74 Å². The van der Waals surface area contributed by atoms with Crippen LogP contribution in [0.3, 0.4) is 0 Å². The van der Waals surface area contributed by atoms with Crippen molar-refractivity contribution in [2.45, 2.75) is 96.9 Å². The van der Waals surface area contributed by atoms with Crippen LogP contribution in [-0.4, -0.2) is 39.7 Å². The topological polar surface area (TPSA) is 75.6 Å². The maximum absolute atomic E-state index is 13.3. The number of fused-ring (bicyclic) bond motifs is 2. The van der Waals surface area contributed by atoms with Gasteiger partial charge in [-0.15, -0.1) is 22.7 Å². The molecule has 0 saturated heterocycles. The number of hydrogen-bond acceptors (Lipinski definition) is 6. The van der Waals surface area contributed by atoms with Gasteiger partial charge in [-0.2, -0.15) is 0 Å². The zero-order valence-electron chi connectivity index (χ0n) is 23.1. The number of urea groups is 1. The van der Waals surface area contributed by atoms with Crippen molar-refractivity contribution in [3.63, 3.8) is 0 Å². The Labute approximate surface area is 238 Å². The van der Waals surface area contributed by atoms with Crippen LogP contribution in [0, 0.1) is 0 Å². The molecule has 6 rings (SSSR count). The van der Waals surface area contributed by atoms with Gasteiger partial charge >= 0.3 is 12.0 Å². The molecule has 0 unspecified atom stereocenters. The lowest BCUT2D eigenvalue weighted by molar-refractivity contribution is 0.00699. The first-order valence-corrected chi connectivity index (χ1v) is 15.8. The van der Waals surface area contributed by atoms with E-state index in [0.717, 1.165) is 56.8 Å². The third-order valence-electron chi connectivity index (χ3n) is 8.03. The predicted octanol–water partition coefficient (Wildman–Crippen LogP) is 6.67. The van der Waals surface area contributed by atoms with Crippen molar-refractivity contribution in [2.75, 3.05) is 11.9 Å². The maximum Gasteiger partial charge on any atom is 0.341 e. The summed E-state index contributed by atoms with van der Waals surface area (Å²) in [4.78, 5) is 31.7. The third kappa shape index (κ3) is 5.54. The van der Waals surface area contributed by atoms with Gasteiger partial charge < -0.3 is 14.6 Å². The summed E-state index contributed by atoms with van der Waals surface area (Å²) in [5.41, 5.74) is 3.58. The van der Waals surface area contributed by atoms with E-state index in [1.807, 2.05) is 44.2 Å². The monoisotopic (exact) mass is 566 g/mol. The zero-order chi connectivity index (χ0) is 27.1. The number of rotatable bonds is 6. The second kappa shape index (κ2) is 10.7. The number of carbonyl (C=O) groups is 2. The number of carbonyl (C=O) groups excluding carboxylic acids is 2. The van der Waals surface area contributed by atoms with Crippen molar-refractivity contribution < 1.29 is 14.3 Å². The fourth-order valence-electron chi connectivity index (χ4n) is 5.91. The highest BCUT2D eigenvalue weighted by Gasteiger charge is 2.32. The number of nitrogens with one attached hydrogen (secondary N) is 2. The lowest BCUT2D eigenvalue weighted by Crippen LogP contribution is -2.42.